The standard InChI is InChI=1S/C8H10BrNOS/c1-3-12-7-5-4-6(9)8(10-7)11-2/h4-5H,3H2,1-2H3. The van der Waals surface area contributed by atoms with Gasteiger partial charge in [-0.1, -0.05) is 6.92 Å². The van der Waals surface area contributed by atoms with Gasteiger partial charge in [-0.05, 0) is 33.8 Å². The van der Waals surface area contributed by atoms with E-state index in [9.17, 15) is 0 Å². The molecule has 0 atom stereocenters. The molecule has 0 aliphatic heterocycles. The average molecular weight is 248 g/mol. The molecule has 2 nitrogen and oxygen atoms in total. The second-order valence-electron chi connectivity index (χ2n) is 2.07. The van der Waals surface area contributed by atoms with Crippen molar-refractivity contribution in [3.63, 3.8) is 0 Å². The van der Waals surface area contributed by atoms with Crippen LogP contribution in [0.4, 0.5) is 0 Å². The van der Waals surface area contributed by atoms with E-state index in [1.165, 1.54) is 0 Å². The van der Waals surface area contributed by atoms with E-state index in [0.717, 1.165) is 15.3 Å². The summed E-state index contributed by atoms with van der Waals surface area (Å²) >= 11 is 5.05. The quantitative estimate of drug-likeness (QED) is 0.768. The summed E-state index contributed by atoms with van der Waals surface area (Å²) in [6.45, 7) is 2.10. The summed E-state index contributed by atoms with van der Waals surface area (Å²) in [5.41, 5.74) is 0. The van der Waals surface area contributed by atoms with Gasteiger partial charge in [-0.3, -0.25) is 0 Å². The van der Waals surface area contributed by atoms with E-state index in [-0.39, 0.29) is 0 Å². The molecule has 0 bridgehead atoms. The molecule has 4 heteroatoms. The van der Waals surface area contributed by atoms with Crippen LogP contribution in [0.15, 0.2) is 21.6 Å². The molecule has 0 fully saturated rings. The smallest absolute Gasteiger partial charge is 0.228 e. The molecule has 0 spiro atoms. The van der Waals surface area contributed by atoms with E-state index in [4.69, 9.17) is 4.74 Å². The molecule has 12 heavy (non-hydrogen) atoms. The van der Waals surface area contributed by atoms with Crippen LogP contribution in [0.25, 0.3) is 0 Å². The molecule has 66 valence electrons. The van der Waals surface area contributed by atoms with Crippen LogP contribution in [-0.2, 0) is 0 Å². The molecule has 1 aromatic heterocycles. The lowest BCUT2D eigenvalue weighted by molar-refractivity contribution is 0.391. The monoisotopic (exact) mass is 247 g/mol. The Labute approximate surface area is 84.9 Å². The van der Waals surface area contributed by atoms with Gasteiger partial charge in [0.15, 0.2) is 0 Å². The molecule has 0 aliphatic rings. The van der Waals surface area contributed by atoms with Crippen molar-refractivity contribution < 1.29 is 4.74 Å². The van der Waals surface area contributed by atoms with E-state index < -0.39 is 0 Å². The van der Waals surface area contributed by atoms with Gasteiger partial charge in [0.2, 0.25) is 5.88 Å². The number of thioether (sulfide) groups is 1. The summed E-state index contributed by atoms with van der Waals surface area (Å²) < 4.78 is 5.95. The van der Waals surface area contributed by atoms with Gasteiger partial charge in [0, 0.05) is 0 Å². The predicted molar refractivity (Wildman–Crippen MR) is 54.9 cm³/mol. The first-order valence-corrected chi connectivity index (χ1v) is 5.39. The summed E-state index contributed by atoms with van der Waals surface area (Å²) in [5.74, 6) is 1.67. The molecular formula is C8H10BrNOS. The topological polar surface area (TPSA) is 22.1 Å². The number of hydrogen-bond acceptors (Lipinski definition) is 3. The Bertz CT molecular complexity index is 267. The Morgan fingerprint density at radius 2 is 2.33 bits per heavy atom. The summed E-state index contributed by atoms with van der Waals surface area (Å²) in [6, 6.07) is 3.92. The Morgan fingerprint density at radius 1 is 1.58 bits per heavy atom. The summed E-state index contributed by atoms with van der Waals surface area (Å²) in [7, 11) is 1.62. The van der Waals surface area contributed by atoms with Crippen molar-refractivity contribution in [2.24, 2.45) is 0 Å². The minimum absolute atomic E-state index is 0.647. The van der Waals surface area contributed by atoms with Gasteiger partial charge in [-0.25, -0.2) is 4.98 Å². The number of rotatable bonds is 3. The number of aromatic nitrogens is 1. The third kappa shape index (κ3) is 2.38. The van der Waals surface area contributed by atoms with Crippen molar-refractivity contribution in [3.05, 3.63) is 16.6 Å². The SMILES string of the molecule is CCSc1ccc(Br)c(OC)n1. The largest absolute Gasteiger partial charge is 0.480 e. The van der Waals surface area contributed by atoms with Gasteiger partial charge in [0.05, 0.1) is 11.6 Å². The van der Waals surface area contributed by atoms with Crippen LogP contribution < -0.4 is 4.74 Å². The normalized spacial score (nSPS) is 9.92. The van der Waals surface area contributed by atoms with Gasteiger partial charge >= 0.3 is 0 Å². The lowest BCUT2D eigenvalue weighted by atomic mass is 10.5. The van der Waals surface area contributed by atoms with Crippen LogP contribution >= 0.6 is 27.7 Å². The maximum Gasteiger partial charge on any atom is 0.228 e. The molecule has 0 N–H and O–H groups in total. The lowest BCUT2D eigenvalue weighted by Crippen LogP contribution is -1.90. The maximum atomic E-state index is 5.06. The van der Waals surface area contributed by atoms with E-state index in [2.05, 4.69) is 27.8 Å². The molecule has 0 radical (unpaired) electrons. The third-order valence-electron chi connectivity index (χ3n) is 1.27. The fraction of sp³-hybridized carbons (Fsp3) is 0.375. The molecule has 1 rings (SSSR count). The molecule has 0 unspecified atom stereocenters. The number of halogens is 1. The molecule has 1 aromatic rings. The van der Waals surface area contributed by atoms with Crippen molar-refractivity contribution in [1.29, 1.82) is 0 Å². The van der Waals surface area contributed by atoms with Crippen LogP contribution in [0.2, 0.25) is 0 Å². The third-order valence-corrected chi connectivity index (χ3v) is 2.69. The minimum Gasteiger partial charge on any atom is -0.480 e. The molecule has 0 aromatic carbocycles. The fourth-order valence-electron chi connectivity index (χ4n) is 0.778. The van der Waals surface area contributed by atoms with Crippen LogP contribution in [0.1, 0.15) is 6.92 Å². The zero-order valence-electron chi connectivity index (χ0n) is 7.00. The molecule has 0 saturated carbocycles. The maximum absolute atomic E-state index is 5.06. The van der Waals surface area contributed by atoms with Gasteiger partial charge in [0.1, 0.15) is 5.03 Å². The first-order valence-electron chi connectivity index (χ1n) is 3.61. The van der Waals surface area contributed by atoms with Crippen molar-refractivity contribution >= 4 is 27.7 Å². The first-order chi connectivity index (χ1) is 5.77. The van der Waals surface area contributed by atoms with Crippen LogP contribution in [-0.4, -0.2) is 17.8 Å². The highest BCUT2D eigenvalue weighted by Crippen LogP contribution is 2.25. The van der Waals surface area contributed by atoms with Gasteiger partial charge < -0.3 is 4.74 Å². The van der Waals surface area contributed by atoms with E-state index in [1.807, 2.05) is 12.1 Å². The second kappa shape index (κ2) is 4.72. The van der Waals surface area contributed by atoms with Gasteiger partial charge in [-0.15, -0.1) is 11.8 Å². The van der Waals surface area contributed by atoms with Crippen molar-refractivity contribution in [3.8, 4) is 5.88 Å². The average Bonchev–Trinajstić information content (AvgIpc) is 2.09. The van der Waals surface area contributed by atoms with Crippen molar-refractivity contribution in [2.45, 2.75) is 11.9 Å². The van der Waals surface area contributed by atoms with Crippen LogP contribution in [0, 0.1) is 0 Å². The Balaban J connectivity index is 2.89. The Morgan fingerprint density at radius 3 is 2.92 bits per heavy atom. The summed E-state index contributed by atoms with van der Waals surface area (Å²) in [6.07, 6.45) is 0. The number of pyridine rings is 1. The van der Waals surface area contributed by atoms with Crippen molar-refractivity contribution in [1.82, 2.24) is 4.98 Å². The summed E-state index contributed by atoms with van der Waals surface area (Å²) in [4.78, 5) is 4.27. The zero-order valence-corrected chi connectivity index (χ0v) is 9.41. The minimum atomic E-state index is 0.647. The summed E-state index contributed by atoms with van der Waals surface area (Å²) in [5, 5.41) is 0.998. The molecule has 1 heterocycles. The van der Waals surface area contributed by atoms with Gasteiger partial charge in [0.25, 0.3) is 0 Å². The highest BCUT2D eigenvalue weighted by atomic mass is 79.9. The molecular weight excluding hydrogens is 238 g/mol. The molecule has 0 saturated heterocycles. The number of hydrogen-bond donors (Lipinski definition) is 0. The predicted octanol–water partition coefficient (Wildman–Crippen LogP) is 2.96. The number of nitrogens with zero attached hydrogens (tertiary/aromatic N) is 1. The van der Waals surface area contributed by atoms with E-state index >= 15 is 0 Å². The molecule has 0 amide bonds. The van der Waals surface area contributed by atoms with Gasteiger partial charge in [-0.2, -0.15) is 0 Å². The van der Waals surface area contributed by atoms with Crippen molar-refractivity contribution in [2.75, 3.05) is 12.9 Å². The highest BCUT2D eigenvalue weighted by molar-refractivity contribution is 9.10. The van der Waals surface area contributed by atoms with E-state index in [0.29, 0.717) is 5.88 Å². The Kier molecular flexibility index (Phi) is 3.88. The second-order valence-corrected chi connectivity index (χ2v) is 4.21. The van der Waals surface area contributed by atoms with Crippen LogP contribution in [0.3, 0.4) is 0 Å². The Hall–Kier alpha value is -0.220. The highest BCUT2D eigenvalue weighted by Gasteiger charge is 2.02. The number of ether oxygens (including phenoxy) is 1. The zero-order chi connectivity index (χ0) is 8.97. The van der Waals surface area contributed by atoms with E-state index in [1.54, 1.807) is 18.9 Å². The fourth-order valence-corrected chi connectivity index (χ4v) is 1.77. The number of methoxy groups -OCH3 is 1. The molecule has 0 aliphatic carbocycles. The first kappa shape index (κ1) is 9.86. The lowest BCUT2D eigenvalue weighted by Gasteiger charge is -2.03. The van der Waals surface area contributed by atoms with Crippen LogP contribution in [0.5, 0.6) is 5.88 Å².